The SMILES string of the molecule is CC(C)NC(C)(CN1CCC(N(C)C)C1)C(=O)O. The van der Waals surface area contributed by atoms with E-state index in [1.807, 2.05) is 13.8 Å². The Morgan fingerprint density at radius 2 is 2.17 bits per heavy atom. The van der Waals surface area contributed by atoms with E-state index >= 15 is 0 Å². The Balaban J connectivity index is 2.60. The molecule has 18 heavy (non-hydrogen) atoms. The molecule has 1 aliphatic rings. The molecule has 2 atom stereocenters. The number of likely N-dealkylation sites (tertiary alicyclic amines) is 1. The molecular weight excluding hydrogens is 230 g/mol. The summed E-state index contributed by atoms with van der Waals surface area (Å²) >= 11 is 0. The van der Waals surface area contributed by atoms with Gasteiger partial charge in [0.1, 0.15) is 5.54 Å². The van der Waals surface area contributed by atoms with Crippen molar-refractivity contribution in [2.45, 2.75) is 44.8 Å². The lowest BCUT2D eigenvalue weighted by Crippen LogP contribution is -2.58. The first-order valence-corrected chi connectivity index (χ1v) is 6.64. The van der Waals surface area contributed by atoms with Gasteiger partial charge in [-0.25, -0.2) is 0 Å². The molecule has 0 aromatic carbocycles. The second-order valence-electron chi connectivity index (χ2n) is 6.08. The molecule has 2 unspecified atom stereocenters. The van der Waals surface area contributed by atoms with Gasteiger partial charge in [0.25, 0.3) is 0 Å². The first-order valence-electron chi connectivity index (χ1n) is 6.64. The fourth-order valence-corrected chi connectivity index (χ4v) is 2.64. The van der Waals surface area contributed by atoms with Crippen LogP contribution in [0.15, 0.2) is 0 Å². The van der Waals surface area contributed by atoms with Crippen LogP contribution < -0.4 is 5.32 Å². The van der Waals surface area contributed by atoms with Crippen molar-refractivity contribution in [3.63, 3.8) is 0 Å². The van der Waals surface area contributed by atoms with Crippen LogP contribution in [0.5, 0.6) is 0 Å². The molecule has 0 aromatic rings. The molecule has 1 heterocycles. The quantitative estimate of drug-likeness (QED) is 0.724. The lowest BCUT2D eigenvalue weighted by molar-refractivity contribution is -0.145. The van der Waals surface area contributed by atoms with Gasteiger partial charge in [0.2, 0.25) is 0 Å². The molecule has 0 aromatic heterocycles. The third-order valence-electron chi connectivity index (χ3n) is 3.60. The summed E-state index contributed by atoms with van der Waals surface area (Å²) in [6.45, 7) is 8.23. The molecule has 0 aliphatic carbocycles. The summed E-state index contributed by atoms with van der Waals surface area (Å²) in [6.07, 6.45) is 1.12. The average molecular weight is 257 g/mol. The third kappa shape index (κ3) is 3.93. The maximum Gasteiger partial charge on any atom is 0.324 e. The van der Waals surface area contributed by atoms with E-state index in [4.69, 9.17) is 0 Å². The predicted octanol–water partition coefficient (Wildman–Crippen LogP) is 0.464. The minimum absolute atomic E-state index is 0.165. The number of hydrogen-bond donors (Lipinski definition) is 2. The molecule has 1 fully saturated rings. The number of hydrogen-bond acceptors (Lipinski definition) is 4. The van der Waals surface area contributed by atoms with E-state index in [1.54, 1.807) is 6.92 Å². The van der Waals surface area contributed by atoms with Gasteiger partial charge in [-0.15, -0.1) is 0 Å². The predicted molar refractivity (Wildman–Crippen MR) is 72.8 cm³/mol. The number of carbonyl (C=O) groups is 1. The van der Waals surface area contributed by atoms with Crippen LogP contribution in [0.1, 0.15) is 27.2 Å². The maximum absolute atomic E-state index is 11.5. The molecule has 1 saturated heterocycles. The standard InChI is InChI=1S/C13H27N3O2/c1-10(2)14-13(3,12(17)18)9-16-7-6-11(8-16)15(4)5/h10-11,14H,6-9H2,1-5H3,(H,17,18). The Hall–Kier alpha value is -0.650. The molecule has 5 heteroatoms. The number of likely N-dealkylation sites (N-methyl/N-ethyl adjacent to an activating group) is 1. The number of nitrogens with zero attached hydrogens (tertiary/aromatic N) is 2. The molecule has 0 amide bonds. The van der Waals surface area contributed by atoms with Crippen LogP contribution in [0.3, 0.4) is 0 Å². The van der Waals surface area contributed by atoms with Crippen LogP contribution in [0, 0.1) is 0 Å². The average Bonchev–Trinajstić information content (AvgIpc) is 2.64. The van der Waals surface area contributed by atoms with E-state index in [2.05, 4.69) is 29.2 Å². The van der Waals surface area contributed by atoms with Crippen LogP contribution in [-0.4, -0.2) is 72.2 Å². The summed E-state index contributed by atoms with van der Waals surface area (Å²) < 4.78 is 0. The largest absolute Gasteiger partial charge is 0.480 e. The lowest BCUT2D eigenvalue weighted by Gasteiger charge is -2.33. The minimum atomic E-state index is -0.866. The smallest absolute Gasteiger partial charge is 0.324 e. The van der Waals surface area contributed by atoms with Crippen LogP contribution in [0.25, 0.3) is 0 Å². The molecule has 0 spiro atoms. The van der Waals surface area contributed by atoms with Crippen molar-refractivity contribution >= 4 is 5.97 Å². The van der Waals surface area contributed by atoms with E-state index in [0.29, 0.717) is 12.6 Å². The van der Waals surface area contributed by atoms with Crippen molar-refractivity contribution in [1.82, 2.24) is 15.1 Å². The fraction of sp³-hybridized carbons (Fsp3) is 0.923. The van der Waals surface area contributed by atoms with Crippen molar-refractivity contribution in [3.05, 3.63) is 0 Å². The highest BCUT2D eigenvalue weighted by molar-refractivity contribution is 5.78. The summed E-state index contributed by atoms with van der Waals surface area (Å²) in [5.41, 5.74) is -0.866. The Bertz CT molecular complexity index is 294. The van der Waals surface area contributed by atoms with Crippen LogP contribution in [0.2, 0.25) is 0 Å². The van der Waals surface area contributed by atoms with Crippen LogP contribution in [0.4, 0.5) is 0 Å². The number of carboxylic acid groups (broad SMARTS) is 1. The van der Waals surface area contributed by atoms with Crippen molar-refractivity contribution in [1.29, 1.82) is 0 Å². The molecule has 106 valence electrons. The molecule has 0 radical (unpaired) electrons. The lowest BCUT2D eigenvalue weighted by atomic mass is 10.0. The molecule has 0 bridgehead atoms. The molecule has 2 N–H and O–H groups in total. The van der Waals surface area contributed by atoms with E-state index < -0.39 is 11.5 Å². The van der Waals surface area contributed by atoms with E-state index in [1.165, 1.54) is 0 Å². The second-order valence-corrected chi connectivity index (χ2v) is 6.08. The van der Waals surface area contributed by atoms with Gasteiger partial charge in [-0.3, -0.25) is 15.0 Å². The number of carboxylic acids is 1. The van der Waals surface area contributed by atoms with Gasteiger partial charge < -0.3 is 10.0 Å². The molecule has 1 aliphatic heterocycles. The van der Waals surface area contributed by atoms with E-state index in [0.717, 1.165) is 19.5 Å². The van der Waals surface area contributed by atoms with Gasteiger partial charge in [-0.05, 0) is 47.8 Å². The fourth-order valence-electron chi connectivity index (χ4n) is 2.64. The highest BCUT2D eigenvalue weighted by atomic mass is 16.4. The summed E-state index contributed by atoms with van der Waals surface area (Å²) in [4.78, 5) is 15.9. The van der Waals surface area contributed by atoms with Gasteiger partial charge in [-0.1, -0.05) is 0 Å². The van der Waals surface area contributed by atoms with Crippen molar-refractivity contribution in [2.24, 2.45) is 0 Å². The van der Waals surface area contributed by atoms with Crippen LogP contribution >= 0.6 is 0 Å². The Morgan fingerprint density at radius 1 is 1.56 bits per heavy atom. The first-order chi connectivity index (χ1) is 8.24. The van der Waals surface area contributed by atoms with E-state index in [-0.39, 0.29) is 6.04 Å². The highest BCUT2D eigenvalue weighted by Crippen LogP contribution is 2.17. The third-order valence-corrected chi connectivity index (χ3v) is 3.60. The number of rotatable bonds is 6. The summed E-state index contributed by atoms with van der Waals surface area (Å²) in [5, 5.41) is 12.6. The zero-order valence-corrected chi connectivity index (χ0v) is 12.2. The number of nitrogens with one attached hydrogen (secondary N) is 1. The Kier molecular flexibility index (Phi) is 5.13. The van der Waals surface area contributed by atoms with Gasteiger partial charge in [-0.2, -0.15) is 0 Å². The number of aliphatic carboxylic acids is 1. The van der Waals surface area contributed by atoms with Gasteiger partial charge in [0.05, 0.1) is 0 Å². The van der Waals surface area contributed by atoms with Crippen molar-refractivity contribution in [2.75, 3.05) is 33.7 Å². The molecule has 1 rings (SSSR count). The zero-order valence-electron chi connectivity index (χ0n) is 12.2. The van der Waals surface area contributed by atoms with Gasteiger partial charge in [0, 0.05) is 25.2 Å². The molecule has 0 saturated carbocycles. The normalized spacial score (nSPS) is 24.7. The summed E-state index contributed by atoms with van der Waals surface area (Å²) in [7, 11) is 4.16. The maximum atomic E-state index is 11.5. The van der Waals surface area contributed by atoms with Crippen molar-refractivity contribution in [3.8, 4) is 0 Å². The van der Waals surface area contributed by atoms with Gasteiger partial charge in [0.15, 0.2) is 0 Å². The highest BCUT2D eigenvalue weighted by Gasteiger charge is 2.37. The molecule has 5 nitrogen and oxygen atoms in total. The Morgan fingerprint density at radius 3 is 2.56 bits per heavy atom. The summed E-state index contributed by atoms with van der Waals surface area (Å²) in [5.74, 6) is -0.774. The topological polar surface area (TPSA) is 55.8 Å². The van der Waals surface area contributed by atoms with Crippen LogP contribution in [-0.2, 0) is 4.79 Å². The summed E-state index contributed by atoms with van der Waals surface area (Å²) in [6, 6.07) is 0.709. The first kappa shape index (κ1) is 15.4. The Labute approximate surface area is 110 Å². The molecular formula is C13H27N3O2. The van der Waals surface area contributed by atoms with Crippen molar-refractivity contribution < 1.29 is 9.90 Å². The minimum Gasteiger partial charge on any atom is -0.480 e. The second kappa shape index (κ2) is 5.99. The monoisotopic (exact) mass is 257 g/mol. The van der Waals surface area contributed by atoms with Gasteiger partial charge >= 0.3 is 5.97 Å². The van der Waals surface area contributed by atoms with E-state index in [9.17, 15) is 9.90 Å². The zero-order chi connectivity index (χ0) is 13.9.